The molecule has 1 unspecified atom stereocenters. The van der Waals surface area contributed by atoms with Crippen molar-refractivity contribution in [2.24, 2.45) is 0 Å². The van der Waals surface area contributed by atoms with Gasteiger partial charge in [-0.1, -0.05) is 6.07 Å². The summed E-state index contributed by atoms with van der Waals surface area (Å²) in [5, 5.41) is 2.44. The van der Waals surface area contributed by atoms with E-state index in [0.29, 0.717) is 62.3 Å². The van der Waals surface area contributed by atoms with Gasteiger partial charge in [0.2, 0.25) is 15.9 Å². The summed E-state index contributed by atoms with van der Waals surface area (Å²) in [5.41, 5.74) is 1.08. The van der Waals surface area contributed by atoms with Crippen LogP contribution in [0.15, 0.2) is 46.2 Å². The molecule has 0 radical (unpaired) electrons. The van der Waals surface area contributed by atoms with Gasteiger partial charge in [0, 0.05) is 23.7 Å². The molecule has 0 aliphatic carbocycles. The highest BCUT2D eigenvalue weighted by Crippen LogP contribution is 2.35. The summed E-state index contributed by atoms with van der Waals surface area (Å²) < 4.78 is 44.0. The van der Waals surface area contributed by atoms with E-state index in [0.717, 1.165) is 4.90 Å². The fraction of sp³-hybridized carbons (Fsp3) is 0.409. The Morgan fingerprint density at radius 1 is 1.03 bits per heavy atom. The first kappa shape index (κ1) is 22.9. The van der Waals surface area contributed by atoms with Crippen LogP contribution in [0.3, 0.4) is 0 Å². The summed E-state index contributed by atoms with van der Waals surface area (Å²) in [5.74, 6) is 1.15. The quantitative estimate of drug-likeness (QED) is 0.638. The number of thioether (sulfide) groups is 1. The molecule has 1 amide bonds. The Morgan fingerprint density at radius 2 is 1.75 bits per heavy atom. The van der Waals surface area contributed by atoms with E-state index in [9.17, 15) is 13.2 Å². The number of carbonyl (C=O) groups excluding carboxylic acids is 1. The highest BCUT2D eigenvalue weighted by Gasteiger charge is 2.28. The number of rotatable bonds is 6. The van der Waals surface area contributed by atoms with Gasteiger partial charge in [-0.3, -0.25) is 4.79 Å². The van der Waals surface area contributed by atoms with Gasteiger partial charge in [-0.15, -0.1) is 11.8 Å². The molecule has 2 aromatic carbocycles. The van der Waals surface area contributed by atoms with Crippen molar-refractivity contribution in [2.75, 3.05) is 44.8 Å². The van der Waals surface area contributed by atoms with Crippen molar-refractivity contribution in [2.45, 2.75) is 28.9 Å². The molecule has 0 spiro atoms. The second kappa shape index (κ2) is 9.70. The van der Waals surface area contributed by atoms with Crippen LogP contribution in [0.2, 0.25) is 0 Å². The summed E-state index contributed by atoms with van der Waals surface area (Å²) >= 11 is 1.39. The van der Waals surface area contributed by atoms with Crippen LogP contribution in [0.1, 0.15) is 12.5 Å². The summed E-state index contributed by atoms with van der Waals surface area (Å²) in [6.07, 6.45) is 0. The van der Waals surface area contributed by atoms with Gasteiger partial charge in [0.15, 0.2) is 11.5 Å². The largest absolute Gasteiger partial charge is 0.486 e. The molecular formula is C22H26N2O6S2. The molecule has 172 valence electrons. The van der Waals surface area contributed by atoms with Crippen molar-refractivity contribution in [1.29, 1.82) is 0 Å². The van der Waals surface area contributed by atoms with Crippen molar-refractivity contribution >= 4 is 33.4 Å². The summed E-state index contributed by atoms with van der Waals surface area (Å²) in [7, 11) is -3.66. The fourth-order valence-electron chi connectivity index (χ4n) is 3.48. The predicted molar refractivity (Wildman–Crippen MR) is 122 cm³/mol. The molecule has 1 N–H and O–H groups in total. The minimum absolute atomic E-state index is 0.198. The van der Waals surface area contributed by atoms with Gasteiger partial charge in [0.1, 0.15) is 13.2 Å². The van der Waals surface area contributed by atoms with Crippen molar-refractivity contribution in [3.05, 3.63) is 42.0 Å². The number of ether oxygens (including phenoxy) is 3. The zero-order valence-corrected chi connectivity index (χ0v) is 19.6. The highest BCUT2D eigenvalue weighted by atomic mass is 32.2. The van der Waals surface area contributed by atoms with Gasteiger partial charge >= 0.3 is 0 Å². The zero-order chi connectivity index (χ0) is 22.7. The van der Waals surface area contributed by atoms with Gasteiger partial charge in [0.25, 0.3) is 0 Å². The van der Waals surface area contributed by atoms with Crippen molar-refractivity contribution in [1.82, 2.24) is 4.31 Å². The average molecular weight is 479 g/mol. The molecule has 0 aromatic heterocycles. The molecule has 2 aliphatic heterocycles. The minimum atomic E-state index is -3.66. The van der Waals surface area contributed by atoms with Crippen LogP contribution < -0.4 is 14.8 Å². The average Bonchev–Trinajstić information content (AvgIpc) is 2.80. The highest BCUT2D eigenvalue weighted by molar-refractivity contribution is 8.00. The number of carbonyl (C=O) groups is 1. The number of benzene rings is 2. The van der Waals surface area contributed by atoms with Crippen molar-refractivity contribution in [3.8, 4) is 11.5 Å². The van der Waals surface area contributed by atoms with E-state index in [1.165, 1.54) is 22.1 Å². The molecule has 8 nitrogen and oxygen atoms in total. The van der Waals surface area contributed by atoms with E-state index < -0.39 is 15.3 Å². The third kappa shape index (κ3) is 5.03. The van der Waals surface area contributed by atoms with Crippen LogP contribution in [-0.2, 0) is 19.6 Å². The normalized spacial score (nSPS) is 17.6. The SMILES string of the molecule is Cc1ccc(NC(=O)C(C)Sc2ccc3c(c2)OCCO3)cc1S(=O)(=O)N1CCOCC1. The second-order valence-electron chi connectivity index (χ2n) is 7.55. The number of nitrogens with one attached hydrogen (secondary N) is 1. The molecule has 2 heterocycles. The van der Waals surface area contributed by atoms with Gasteiger partial charge < -0.3 is 19.5 Å². The lowest BCUT2D eigenvalue weighted by Gasteiger charge is -2.27. The fourth-order valence-corrected chi connectivity index (χ4v) is 6.04. The summed E-state index contributed by atoms with van der Waals surface area (Å²) in [6, 6.07) is 10.5. The maximum absolute atomic E-state index is 13.1. The molecular weight excluding hydrogens is 452 g/mol. The maximum Gasteiger partial charge on any atom is 0.243 e. The van der Waals surface area contributed by atoms with Crippen LogP contribution in [0.25, 0.3) is 0 Å². The van der Waals surface area contributed by atoms with Crippen LogP contribution in [0.4, 0.5) is 5.69 Å². The standard InChI is InChI=1S/C22H26N2O6S2/c1-15-3-4-17(13-21(15)32(26,27)24-7-9-28-10-8-24)23-22(25)16(2)31-18-5-6-19-20(14-18)30-12-11-29-19/h3-6,13-14,16H,7-12H2,1-2H3,(H,23,25). The molecule has 2 aliphatic rings. The molecule has 0 saturated carbocycles. The van der Waals surface area contributed by atoms with Gasteiger partial charge in [-0.05, 0) is 49.7 Å². The molecule has 2 aromatic rings. The first-order valence-corrected chi connectivity index (χ1v) is 12.7. The Hall–Kier alpha value is -2.27. The molecule has 10 heteroatoms. The molecule has 1 atom stereocenters. The number of morpholine rings is 1. The topological polar surface area (TPSA) is 94.2 Å². The second-order valence-corrected chi connectivity index (χ2v) is 10.9. The summed E-state index contributed by atoms with van der Waals surface area (Å²) in [6.45, 7) is 5.98. The molecule has 1 saturated heterocycles. The van der Waals surface area contributed by atoms with E-state index in [4.69, 9.17) is 14.2 Å². The van der Waals surface area contributed by atoms with Crippen LogP contribution in [0, 0.1) is 6.92 Å². The molecule has 32 heavy (non-hydrogen) atoms. The Kier molecular flexibility index (Phi) is 6.94. The first-order chi connectivity index (χ1) is 15.3. The van der Waals surface area contributed by atoms with E-state index in [-0.39, 0.29) is 10.8 Å². The molecule has 4 rings (SSSR count). The third-order valence-electron chi connectivity index (χ3n) is 5.24. The Labute approximate surface area is 192 Å². The molecule has 0 bridgehead atoms. The van der Waals surface area contributed by atoms with Crippen molar-refractivity contribution < 1.29 is 27.4 Å². The van der Waals surface area contributed by atoms with Gasteiger partial charge in [0.05, 0.1) is 23.4 Å². The summed E-state index contributed by atoms with van der Waals surface area (Å²) in [4.78, 5) is 13.9. The number of sulfonamides is 1. The number of fused-ring (bicyclic) bond motifs is 1. The van der Waals surface area contributed by atoms with Gasteiger partial charge in [-0.2, -0.15) is 4.31 Å². The first-order valence-electron chi connectivity index (χ1n) is 10.4. The Bertz CT molecular complexity index is 1100. The third-order valence-corrected chi connectivity index (χ3v) is 8.37. The van der Waals surface area contributed by atoms with Crippen molar-refractivity contribution in [3.63, 3.8) is 0 Å². The number of aryl methyl sites for hydroxylation is 1. The predicted octanol–water partition coefficient (Wildman–Crippen LogP) is 2.91. The maximum atomic E-state index is 13.1. The Morgan fingerprint density at radius 3 is 2.50 bits per heavy atom. The smallest absolute Gasteiger partial charge is 0.243 e. The number of hydrogen-bond acceptors (Lipinski definition) is 7. The number of hydrogen-bond donors (Lipinski definition) is 1. The minimum Gasteiger partial charge on any atom is -0.486 e. The van der Waals surface area contributed by atoms with E-state index in [1.807, 2.05) is 18.2 Å². The lowest BCUT2D eigenvalue weighted by molar-refractivity contribution is -0.115. The van der Waals surface area contributed by atoms with E-state index in [1.54, 1.807) is 26.0 Å². The molecule has 1 fully saturated rings. The number of nitrogens with zero attached hydrogens (tertiary/aromatic N) is 1. The number of amides is 1. The lowest BCUT2D eigenvalue weighted by atomic mass is 10.2. The van der Waals surface area contributed by atoms with Gasteiger partial charge in [-0.25, -0.2) is 8.42 Å². The number of anilines is 1. The Balaban J connectivity index is 1.45. The van der Waals surface area contributed by atoms with E-state index >= 15 is 0 Å². The monoisotopic (exact) mass is 478 g/mol. The zero-order valence-electron chi connectivity index (χ0n) is 18.0. The van der Waals surface area contributed by atoms with Crippen LogP contribution >= 0.6 is 11.8 Å². The lowest BCUT2D eigenvalue weighted by Crippen LogP contribution is -2.40. The van der Waals surface area contributed by atoms with E-state index in [2.05, 4.69) is 5.32 Å². The van der Waals surface area contributed by atoms with Crippen LogP contribution in [-0.4, -0.2) is 63.4 Å². The van der Waals surface area contributed by atoms with Crippen LogP contribution in [0.5, 0.6) is 11.5 Å².